The van der Waals surface area contributed by atoms with E-state index < -0.39 is 0 Å². The molecule has 0 heterocycles. The van der Waals surface area contributed by atoms with Gasteiger partial charge in [-0.15, -0.1) is 0 Å². The fourth-order valence-corrected chi connectivity index (χ4v) is 2.57. The first-order chi connectivity index (χ1) is 10.4. The van der Waals surface area contributed by atoms with Gasteiger partial charge in [-0.2, -0.15) is 0 Å². The fourth-order valence-electron chi connectivity index (χ4n) is 2.57. The molecule has 0 spiro atoms. The van der Waals surface area contributed by atoms with Gasteiger partial charge in [0.25, 0.3) is 0 Å². The Labute approximate surface area is 134 Å². The van der Waals surface area contributed by atoms with Gasteiger partial charge in [-0.3, -0.25) is 0 Å². The van der Waals surface area contributed by atoms with E-state index in [9.17, 15) is 0 Å². The van der Waals surface area contributed by atoms with Gasteiger partial charge in [0, 0.05) is 0 Å². The van der Waals surface area contributed by atoms with Crippen LogP contribution in [0.15, 0.2) is 85.5 Å². The summed E-state index contributed by atoms with van der Waals surface area (Å²) in [6.07, 6.45) is 3.90. The number of rotatable bonds is 4. The highest BCUT2D eigenvalue weighted by molar-refractivity contribution is 5.80. The predicted octanol–water partition coefficient (Wildman–Crippen LogP) is 6.53. The summed E-state index contributed by atoms with van der Waals surface area (Å²) in [7, 11) is 0. The molecule has 0 nitrogen and oxygen atoms in total. The molecular weight excluding hydrogens is 264 g/mol. The maximum absolute atomic E-state index is 4.30. The van der Waals surface area contributed by atoms with Gasteiger partial charge >= 0.3 is 0 Å². The van der Waals surface area contributed by atoms with Crippen molar-refractivity contribution in [1.29, 1.82) is 0 Å². The molecule has 0 saturated carbocycles. The SMILES string of the molecule is C=C/C=C(\C(=C)c1ccc(-c2ccccc2)cc1)C(C)(C)C. The van der Waals surface area contributed by atoms with Crippen molar-refractivity contribution in [2.75, 3.05) is 0 Å². The van der Waals surface area contributed by atoms with Crippen molar-refractivity contribution >= 4 is 5.57 Å². The molecule has 0 aromatic heterocycles. The topological polar surface area (TPSA) is 0 Å². The van der Waals surface area contributed by atoms with Crippen molar-refractivity contribution in [2.45, 2.75) is 20.8 Å². The van der Waals surface area contributed by atoms with Gasteiger partial charge in [0.05, 0.1) is 0 Å². The van der Waals surface area contributed by atoms with Crippen LogP contribution < -0.4 is 0 Å². The molecule has 0 fully saturated rings. The number of allylic oxidation sites excluding steroid dienone is 4. The van der Waals surface area contributed by atoms with E-state index in [4.69, 9.17) is 0 Å². The molecule has 22 heavy (non-hydrogen) atoms. The van der Waals surface area contributed by atoms with Crippen molar-refractivity contribution in [2.24, 2.45) is 5.41 Å². The van der Waals surface area contributed by atoms with Crippen LogP contribution in [0.1, 0.15) is 26.3 Å². The van der Waals surface area contributed by atoms with E-state index in [0.29, 0.717) is 0 Å². The minimum absolute atomic E-state index is 0.0450. The molecule has 0 aliphatic heterocycles. The molecule has 0 N–H and O–H groups in total. The third-order valence-electron chi connectivity index (χ3n) is 3.76. The van der Waals surface area contributed by atoms with Gasteiger partial charge in [-0.05, 0) is 33.3 Å². The summed E-state index contributed by atoms with van der Waals surface area (Å²) < 4.78 is 0. The van der Waals surface area contributed by atoms with E-state index in [1.54, 1.807) is 0 Å². The van der Waals surface area contributed by atoms with Gasteiger partial charge in [-0.25, -0.2) is 0 Å². The molecule has 0 radical (unpaired) electrons. The Morgan fingerprint density at radius 2 is 1.41 bits per heavy atom. The Hall–Kier alpha value is -2.34. The average Bonchev–Trinajstić information content (AvgIpc) is 2.52. The van der Waals surface area contributed by atoms with Gasteiger partial charge < -0.3 is 0 Å². The lowest BCUT2D eigenvalue weighted by molar-refractivity contribution is 0.521. The molecule has 0 aliphatic rings. The molecule has 0 heteroatoms. The standard InChI is InChI=1S/C22H24/c1-6-10-21(22(3,4)5)17(2)18-13-15-20(16-14-18)19-11-8-7-9-12-19/h6-16H,1-2H2,3-5H3/b21-10+. The van der Waals surface area contributed by atoms with E-state index in [2.05, 4.69) is 88.5 Å². The summed E-state index contributed by atoms with van der Waals surface area (Å²) in [5, 5.41) is 0. The second-order valence-electron chi connectivity index (χ2n) is 6.49. The zero-order valence-electron chi connectivity index (χ0n) is 13.8. The third-order valence-corrected chi connectivity index (χ3v) is 3.76. The van der Waals surface area contributed by atoms with E-state index >= 15 is 0 Å². The summed E-state index contributed by atoms with van der Waals surface area (Å²) in [6.45, 7) is 14.7. The highest BCUT2D eigenvalue weighted by Crippen LogP contribution is 2.36. The zero-order chi connectivity index (χ0) is 16.2. The molecule has 0 aliphatic carbocycles. The first-order valence-corrected chi connectivity index (χ1v) is 7.62. The normalized spacial score (nSPS) is 12.0. The summed E-state index contributed by atoms with van der Waals surface area (Å²) in [4.78, 5) is 0. The fraction of sp³-hybridized carbons (Fsp3) is 0.182. The summed E-state index contributed by atoms with van der Waals surface area (Å²) in [5.41, 5.74) is 5.94. The highest BCUT2D eigenvalue weighted by atomic mass is 14.2. The lowest BCUT2D eigenvalue weighted by atomic mass is 9.79. The summed E-state index contributed by atoms with van der Waals surface area (Å²) in [6, 6.07) is 19.0. The first kappa shape index (κ1) is 16.0. The van der Waals surface area contributed by atoms with Crippen molar-refractivity contribution in [3.05, 3.63) is 91.0 Å². The second-order valence-corrected chi connectivity index (χ2v) is 6.49. The quantitative estimate of drug-likeness (QED) is 0.561. The monoisotopic (exact) mass is 288 g/mol. The van der Waals surface area contributed by atoms with Crippen molar-refractivity contribution in [1.82, 2.24) is 0 Å². The Balaban J connectivity index is 2.32. The molecule has 0 atom stereocenters. The van der Waals surface area contributed by atoms with E-state index in [1.807, 2.05) is 12.1 Å². The molecule has 0 saturated heterocycles. The van der Waals surface area contributed by atoms with Crippen molar-refractivity contribution in [3.8, 4) is 11.1 Å². The van der Waals surface area contributed by atoms with Crippen LogP contribution in [-0.2, 0) is 0 Å². The van der Waals surface area contributed by atoms with Crippen LogP contribution in [-0.4, -0.2) is 0 Å². The number of benzene rings is 2. The molecule has 0 unspecified atom stereocenters. The number of hydrogen-bond donors (Lipinski definition) is 0. The molecule has 0 amide bonds. The van der Waals surface area contributed by atoms with Crippen LogP contribution in [0.5, 0.6) is 0 Å². The highest BCUT2D eigenvalue weighted by Gasteiger charge is 2.19. The van der Waals surface area contributed by atoms with Gasteiger partial charge in [-0.1, -0.05) is 101 Å². The molecule has 2 aromatic carbocycles. The Morgan fingerprint density at radius 1 is 0.864 bits per heavy atom. The predicted molar refractivity (Wildman–Crippen MR) is 98.6 cm³/mol. The van der Waals surface area contributed by atoms with E-state index in [0.717, 1.165) is 11.1 Å². The van der Waals surface area contributed by atoms with E-state index in [1.165, 1.54) is 16.7 Å². The minimum atomic E-state index is 0.0450. The largest absolute Gasteiger partial charge is 0.0991 e. The second kappa shape index (κ2) is 6.62. The lowest BCUT2D eigenvalue weighted by Crippen LogP contribution is -2.10. The Bertz CT molecular complexity index is 677. The third kappa shape index (κ3) is 3.65. The molecule has 2 rings (SSSR count). The van der Waals surface area contributed by atoms with Crippen molar-refractivity contribution in [3.63, 3.8) is 0 Å². The Kier molecular flexibility index (Phi) is 4.82. The maximum Gasteiger partial charge on any atom is -0.0126 e. The smallest absolute Gasteiger partial charge is 0.0126 e. The van der Waals surface area contributed by atoms with Crippen molar-refractivity contribution < 1.29 is 0 Å². The summed E-state index contributed by atoms with van der Waals surface area (Å²) >= 11 is 0. The van der Waals surface area contributed by atoms with Crippen LogP contribution >= 0.6 is 0 Å². The maximum atomic E-state index is 4.30. The van der Waals surface area contributed by atoms with Crippen LogP contribution in [0.2, 0.25) is 0 Å². The first-order valence-electron chi connectivity index (χ1n) is 7.62. The molecule has 112 valence electrons. The molecule has 0 bridgehead atoms. The van der Waals surface area contributed by atoms with Gasteiger partial charge in [0.1, 0.15) is 0 Å². The summed E-state index contributed by atoms with van der Waals surface area (Å²) in [5.74, 6) is 0. The molecular formula is C22H24. The molecule has 2 aromatic rings. The zero-order valence-corrected chi connectivity index (χ0v) is 13.8. The minimum Gasteiger partial charge on any atom is -0.0991 e. The van der Waals surface area contributed by atoms with Gasteiger partial charge in [0.2, 0.25) is 0 Å². The number of hydrogen-bond acceptors (Lipinski definition) is 0. The van der Waals surface area contributed by atoms with E-state index in [-0.39, 0.29) is 5.41 Å². The Morgan fingerprint density at radius 3 is 1.91 bits per heavy atom. The lowest BCUT2D eigenvalue weighted by Gasteiger charge is -2.25. The van der Waals surface area contributed by atoms with Crippen LogP contribution in [0.25, 0.3) is 16.7 Å². The average molecular weight is 288 g/mol. The van der Waals surface area contributed by atoms with Crippen LogP contribution in [0, 0.1) is 5.41 Å². The van der Waals surface area contributed by atoms with Gasteiger partial charge in [0.15, 0.2) is 0 Å². The van der Waals surface area contributed by atoms with Crippen LogP contribution in [0.4, 0.5) is 0 Å². The van der Waals surface area contributed by atoms with Crippen LogP contribution in [0.3, 0.4) is 0 Å².